The number of aromatic carboxylic acids is 1. The molecule has 0 saturated carbocycles. The van der Waals surface area contributed by atoms with Crippen LogP contribution in [-0.4, -0.2) is 21.0 Å². The van der Waals surface area contributed by atoms with Crippen molar-refractivity contribution >= 4 is 5.97 Å². The first kappa shape index (κ1) is 11.3. The summed E-state index contributed by atoms with van der Waals surface area (Å²) in [5.74, 6) is -1.09. The van der Waals surface area contributed by atoms with Crippen LogP contribution in [0, 0.1) is 0 Å². The molecule has 0 atom stereocenters. The molecule has 0 aromatic carbocycles. The molecule has 2 aromatic heterocycles. The minimum absolute atomic E-state index is 0.0276. The van der Waals surface area contributed by atoms with Gasteiger partial charge in [0, 0.05) is 24.8 Å². The van der Waals surface area contributed by atoms with E-state index in [2.05, 4.69) is 15.3 Å². The van der Waals surface area contributed by atoms with E-state index in [1.807, 2.05) is 0 Å². The van der Waals surface area contributed by atoms with Crippen LogP contribution < -0.4 is 5.32 Å². The summed E-state index contributed by atoms with van der Waals surface area (Å²) in [5, 5.41) is 11.9. The predicted octanol–water partition coefficient (Wildman–Crippen LogP) is 1.06. The minimum atomic E-state index is -1.06. The molecule has 0 spiro atoms. The molecule has 0 aliphatic carbocycles. The minimum Gasteiger partial charge on any atom is -0.475 e. The highest BCUT2D eigenvalue weighted by atomic mass is 16.4. The maximum atomic E-state index is 10.8. The zero-order valence-corrected chi connectivity index (χ0v) is 8.96. The van der Waals surface area contributed by atoms with Crippen LogP contribution >= 0.6 is 0 Å². The molecule has 0 aliphatic rings. The molecule has 88 valence electrons. The molecule has 0 unspecified atom stereocenters. The van der Waals surface area contributed by atoms with E-state index in [9.17, 15) is 4.79 Å². The highest BCUT2D eigenvalue weighted by Crippen LogP contribution is 2.10. The van der Waals surface area contributed by atoms with E-state index >= 15 is 0 Å². The largest absolute Gasteiger partial charge is 0.475 e. The van der Waals surface area contributed by atoms with Crippen molar-refractivity contribution in [1.29, 1.82) is 0 Å². The second-order valence-corrected chi connectivity index (χ2v) is 3.38. The van der Waals surface area contributed by atoms with Gasteiger partial charge < -0.3 is 14.8 Å². The second kappa shape index (κ2) is 5.22. The quantitative estimate of drug-likeness (QED) is 0.802. The van der Waals surface area contributed by atoms with Gasteiger partial charge in [-0.05, 0) is 12.1 Å². The summed E-state index contributed by atoms with van der Waals surface area (Å²) in [6, 6.07) is 3.43. The van der Waals surface area contributed by atoms with Gasteiger partial charge in [-0.3, -0.25) is 0 Å². The number of carboxylic acids is 1. The van der Waals surface area contributed by atoms with Crippen LogP contribution in [-0.2, 0) is 13.1 Å². The molecule has 6 nitrogen and oxygen atoms in total. The van der Waals surface area contributed by atoms with Crippen LogP contribution in [0.1, 0.15) is 21.8 Å². The van der Waals surface area contributed by atoms with Crippen LogP contribution in [0.25, 0.3) is 0 Å². The third-order valence-electron chi connectivity index (χ3n) is 2.21. The molecule has 0 radical (unpaired) electrons. The van der Waals surface area contributed by atoms with Gasteiger partial charge in [-0.25, -0.2) is 14.8 Å². The lowest BCUT2D eigenvalue weighted by Crippen LogP contribution is -2.15. The maximum Gasteiger partial charge on any atom is 0.372 e. The molecule has 2 rings (SSSR count). The Balaban J connectivity index is 1.90. The Bertz CT molecular complexity index is 496. The van der Waals surface area contributed by atoms with E-state index in [4.69, 9.17) is 9.52 Å². The van der Waals surface area contributed by atoms with Gasteiger partial charge in [0.2, 0.25) is 5.76 Å². The summed E-state index contributed by atoms with van der Waals surface area (Å²) >= 11 is 0. The molecule has 17 heavy (non-hydrogen) atoms. The lowest BCUT2D eigenvalue weighted by molar-refractivity contribution is 0.0660. The summed E-state index contributed by atoms with van der Waals surface area (Å²) in [7, 11) is 0. The lowest BCUT2D eigenvalue weighted by atomic mass is 10.2. The number of aromatic nitrogens is 2. The van der Waals surface area contributed by atoms with E-state index in [1.165, 1.54) is 12.6 Å². The van der Waals surface area contributed by atoms with E-state index < -0.39 is 5.97 Å². The van der Waals surface area contributed by atoms with Crippen LogP contribution in [0.3, 0.4) is 0 Å². The molecule has 0 bridgehead atoms. The number of hydrogen-bond acceptors (Lipinski definition) is 5. The highest BCUT2D eigenvalue weighted by molar-refractivity contribution is 5.86. The Hall–Kier alpha value is -2.21. The Labute approximate surface area is 97.3 Å². The van der Waals surface area contributed by atoms with E-state index in [1.54, 1.807) is 18.3 Å². The number of furan rings is 1. The molecule has 2 aromatic rings. The Morgan fingerprint density at radius 1 is 1.41 bits per heavy atom. The zero-order valence-electron chi connectivity index (χ0n) is 8.96. The summed E-state index contributed by atoms with van der Waals surface area (Å²) in [6.07, 6.45) is 4.49. The van der Waals surface area contributed by atoms with Crippen molar-refractivity contribution in [2.75, 3.05) is 0 Å². The molecule has 0 aliphatic heterocycles. The Kier molecular flexibility index (Phi) is 3.46. The monoisotopic (exact) mass is 233 g/mol. The molecule has 2 N–H and O–H groups in total. The van der Waals surface area contributed by atoms with Gasteiger partial charge in [-0.1, -0.05) is 0 Å². The third-order valence-corrected chi connectivity index (χ3v) is 2.21. The number of hydrogen-bond donors (Lipinski definition) is 2. The number of rotatable bonds is 5. The molecule has 0 amide bonds. The van der Waals surface area contributed by atoms with Crippen molar-refractivity contribution in [3.05, 3.63) is 47.9 Å². The van der Waals surface area contributed by atoms with Gasteiger partial charge in [0.25, 0.3) is 0 Å². The van der Waals surface area contributed by atoms with Gasteiger partial charge in [0.15, 0.2) is 0 Å². The zero-order chi connectivity index (χ0) is 12.1. The van der Waals surface area contributed by atoms with Gasteiger partial charge >= 0.3 is 5.97 Å². The average Bonchev–Trinajstić information content (AvgIpc) is 2.79. The van der Waals surface area contributed by atoms with Gasteiger partial charge in [0.05, 0.1) is 12.0 Å². The standard InChI is InChI=1S/C11H11N3O3/c15-11(16)10-8(2-4-17-10)5-13-6-9-1-3-12-7-14-9/h1-4,7,13H,5-6H2,(H,15,16). The fourth-order valence-electron chi connectivity index (χ4n) is 1.41. The molecular formula is C11H11N3O3. The molecule has 6 heteroatoms. The van der Waals surface area contributed by atoms with Crippen molar-refractivity contribution in [3.63, 3.8) is 0 Å². The van der Waals surface area contributed by atoms with Gasteiger partial charge in [0.1, 0.15) is 6.33 Å². The number of carboxylic acid groups (broad SMARTS) is 1. The van der Waals surface area contributed by atoms with Crippen molar-refractivity contribution in [3.8, 4) is 0 Å². The molecule has 2 heterocycles. The molecule has 0 fully saturated rings. The topological polar surface area (TPSA) is 88.2 Å². The van der Waals surface area contributed by atoms with E-state index in [-0.39, 0.29) is 5.76 Å². The van der Waals surface area contributed by atoms with Crippen molar-refractivity contribution in [1.82, 2.24) is 15.3 Å². The average molecular weight is 233 g/mol. The number of nitrogens with zero attached hydrogens (tertiary/aromatic N) is 2. The smallest absolute Gasteiger partial charge is 0.372 e. The van der Waals surface area contributed by atoms with Gasteiger partial charge in [-0.15, -0.1) is 0 Å². The van der Waals surface area contributed by atoms with Crippen molar-refractivity contribution in [2.24, 2.45) is 0 Å². The summed E-state index contributed by atoms with van der Waals surface area (Å²) in [6.45, 7) is 0.967. The third kappa shape index (κ3) is 2.88. The van der Waals surface area contributed by atoms with Crippen LogP contribution in [0.2, 0.25) is 0 Å². The first-order valence-electron chi connectivity index (χ1n) is 5.02. The summed E-state index contributed by atoms with van der Waals surface area (Å²) in [5.41, 5.74) is 1.46. The number of nitrogens with one attached hydrogen (secondary N) is 1. The van der Waals surface area contributed by atoms with E-state index in [0.29, 0.717) is 18.7 Å². The first-order valence-corrected chi connectivity index (χ1v) is 5.02. The lowest BCUT2D eigenvalue weighted by Gasteiger charge is -2.02. The number of carbonyl (C=O) groups is 1. The maximum absolute atomic E-state index is 10.8. The van der Waals surface area contributed by atoms with Crippen molar-refractivity contribution < 1.29 is 14.3 Å². The summed E-state index contributed by atoms with van der Waals surface area (Å²) in [4.78, 5) is 18.6. The van der Waals surface area contributed by atoms with Crippen molar-refractivity contribution in [2.45, 2.75) is 13.1 Å². The van der Waals surface area contributed by atoms with Crippen LogP contribution in [0.15, 0.2) is 35.3 Å². The van der Waals surface area contributed by atoms with Crippen LogP contribution in [0.4, 0.5) is 0 Å². The molecular weight excluding hydrogens is 222 g/mol. The van der Waals surface area contributed by atoms with Crippen LogP contribution in [0.5, 0.6) is 0 Å². The fourth-order valence-corrected chi connectivity index (χ4v) is 1.41. The normalized spacial score (nSPS) is 10.4. The predicted molar refractivity (Wildman–Crippen MR) is 58.2 cm³/mol. The summed E-state index contributed by atoms with van der Waals surface area (Å²) < 4.78 is 4.86. The Morgan fingerprint density at radius 2 is 2.29 bits per heavy atom. The highest BCUT2D eigenvalue weighted by Gasteiger charge is 2.12. The van der Waals surface area contributed by atoms with Gasteiger partial charge in [-0.2, -0.15) is 0 Å². The first-order chi connectivity index (χ1) is 8.27. The fraction of sp³-hybridized carbons (Fsp3) is 0.182. The second-order valence-electron chi connectivity index (χ2n) is 3.38. The molecule has 0 saturated heterocycles. The SMILES string of the molecule is O=C(O)c1occc1CNCc1ccncn1. The Morgan fingerprint density at radius 3 is 3.00 bits per heavy atom. The van der Waals surface area contributed by atoms with E-state index in [0.717, 1.165) is 5.69 Å².